The highest BCUT2D eigenvalue weighted by atomic mass is 35.5. The van der Waals surface area contributed by atoms with E-state index in [-0.39, 0.29) is 11.3 Å². The maximum atomic E-state index is 12.9. The van der Waals surface area contributed by atoms with Crippen molar-refractivity contribution in [2.45, 2.75) is 19.9 Å². The lowest BCUT2D eigenvalue weighted by molar-refractivity contribution is -0.126. The van der Waals surface area contributed by atoms with Crippen molar-refractivity contribution in [1.29, 1.82) is 0 Å². The van der Waals surface area contributed by atoms with Crippen molar-refractivity contribution >= 4 is 34.6 Å². The molecule has 0 radical (unpaired) electrons. The molecule has 0 atom stereocenters. The first kappa shape index (κ1) is 20.3. The largest absolute Gasteiger partial charge is 0.463 e. The molecular weight excluding hydrogens is 426 g/mol. The maximum absolute atomic E-state index is 12.9. The van der Waals surface area contributed by atoms with Crippen LogP contribution in [0.1, 0.15) is 22.4 Å². The molecule has 5 rings (SSSR count). The molecule has 4 aromatic rings. The molecule has 0 saturated heterocycles. The highest BCUT2D eigenvalue weighted by Gasteiger charge is 2.25. The molecule has 0 aliphatic carbocycles. The van der Waals surface area contributed by atoms with Crippen LogP contribution in [0.15, 0.2) is 64.0 Å². The Morgan fingerprint density at radius 2 is 2.12 bits per heavy atom. The van der Waals surface area contributed by atoms with Gasteiger partial charge in [0.05, 0.1) is 16.6 Å². The van der Waals surface area contributed by atoms with Crippen LogP contribution in [0.3, 0.4) is 0 Å². The van der Waals surface area contributed by atoms with E-state index in [1.54, 1.807) is 17.0 Å². The minimum absolute atomic E-state index is 0.155. The second kappa shape index (κ2) is 8.13. The minimum Gasteiger partial charge on any atom is -0.463 e. The summed E-state index contributed by atoms with van der Waals surface area (Å²) in [4.78, 5) is 27.4. The SMILES string of the molecule is Cc1ccc2occ(/C=C/C(=O)N3CCc4[nH]nc(-c5cccc(Cl)c5)c4C3)c(=O)c2c1. The zero-order chi connectivity index (χ0) is 22.2. The third-order valence-electron chi connectivity index (χ3n) is 5.70. The number of carbonyl (C=O) groups excluding carboxylic acids is 1. The number of fused-ring (bicyclic) bond motifs is 2. The number of halogens is 1. The number of aromatic amines is 1. The Morgan fingerprint density at radius 1 is 1.25 bits per heavy atom. The van der Waals surface area contributed by atoms with Gasteiger partial charge in [0.1, 0.15) is 11.8 Å². The first-order chi connectivity index (χ1) is 15.5. The fourth-order valence-corrected chi connectivity index (χ4v) is 4.19. The van der Waals surface area contributed by atoms with Gasteiger partial charge in [0.15, 0.2) is 5.43 Å². The summed E-state index contributed by atoms with van der Waals surface area (Å²) in [7, 11) is 0. The number of hydrogen-bond donors (Lipinski definition) is 1. The Hall–Kier alpha value is -3.64. The Bertz CT molecular complexity index is 1430. The lowest BCUT2D eigenvalue weighted by Crippen LogP contribution is -2.34. The fraction of sp³-hybridized carbons (Fsp3) is 0.160. The standard InChI is InChI=1S/C25H20ClN3O3/c1-15-5-7-22-19(11-15)25(31)17(14-32-22)6-8-23(30)29-10-9-21-20(13-29)24(28-27-21)16-3-2-4-18(26)12-16/h2-8,11-12,14H,9-10,13H2,1H3,(H,27,28)/b8-6+. The molecular formula is C25H20ClN3O3. The number of nitrogens with one attached hydrogen (secondary N) is 1. The van der Waals surface area contributed by atoms with Crippen molar-refractivity contribution in [2.75, 3.05) is 6.54 Å². The van der Waals surface area contributed by atoms with E-state index in [9.17, 15) is 9.59 Å². The number of H-pyrrole nitrogens is 1. The lowest BCUT2D eigenvalue weighted by Gasteiger charge is -2.26. The molecule has 160 valence electrons. The average molecular weight is 446 g/mol. The molecule has 1 aliphatic rings. The van der Waals surface area contributed by atoms with Crippen molar-refractivity contribution in [3.63, 3.8) is 0 Å². The van der Waals surface area contributed by atoms with Gasteiger partial charge >= 0.3 is 0 Å². The first-order valence-corrected chi connectivity index (χ1v) is 10.7. The molecule has 6 nitrogen and oxygen atoms in total. The van der Waals surface area contributed by atoms with Gasteiger partial charge in [0.2, 0.25) is 5.91 Å². The van der Waals surface area contributed by atoms with Gasteiger partial charge in [-0.3, -0.25) is 14.7 Å². The predicted molar refractivity (Wildman–Crippen MR) is 124 cm³/mol. The van der Waals surface area contributed by atoms with Crippen LogP contribution in [0.25, 0.3) is 28.3 Å². The van der Waals surface area contributed by atoms with E-state index >= 15 is 0 Å². The summed E-state index contributed by atoms with van der Waals surface area (Å²) >= 11 is 6.14. The normalized spacial score (nSPS) is 13.6. The number of aryl methyl sites for hydroxylation is 1. The first-order valence-electron chi connectivity index (χ1n) is 10.3. The highest BCUT2D eigenvalue weighted by molar-refractivity contribution is 6.30. The molecule has 1 aliphatic heterocycles. The summed E-state index contributed by atoms with van der Waals surface area (Å²) in [6.45, 7) is 2.92. The Balaban J connectivity index is 1.39. The maximum Gasteiger partial charge on any atom is 0.246 e. The monoisotopic (exact) mass is 445 g/mol. The van der Waals surface area contributed by atoms with E-state index in [1.165, 1.54) is 18.4 Å². The third-order valence-corrected chi connectivity index (χ3v) is 5.94. The number of rotatable bonds is 3. The molecule has 0 bridgehead atoms. The second-order valence-corrected chi connectivity index (χ2v) is 8.34. The fourth-order valence-electron chi connectivity index (χ4n) is 4.00. The number of amides is 1. The van der Waals surface area contributed by atoms with Gasteiger partial charge in [-0.2, -0.15) is 5.10 Å². The quantitative estimate of drug-likeness (QED) is 0.462. The third kappa shape index (κ3) is 3.74. The molecule has 1 amide bonds. The number of nitrogens with zero attached hydrogens (tertiary/aromatic N) is 2. The van der Waals surface area contributed by atoms with Gasteiger partial charge in [-0.15, -0.1) is 0 Å². The van der Waals surface area contributed by atoms with Crippen LogP contribution in [-0.2, 0) is 17.8 Å². The minimum atomic E-state index is -0.169. The molecule has 32 heavy (non-hydrogen) atoms. The van der Waals surface area contributed by atoms with Gasteiger partial charge in [-0.25, -0.2) is 0 Å². The average Bonchev–Trinajstić information content (AvgIpc) is 3.22. The van der Waals surface area contributed by atoms with Crippen molar-refractivity contribution in [2.24, 2.45) is 0 Å². The summed E-state index contributed by atoms with van der Waals surface area (Å²) in [6.07, 6.45) is 5.03. The Kier molecular flexibility index (Phi) is 5.15. The Labute approximate surface area is 189 Å². The molecule has 0 saturated carbocycles. The number of carbonyl (C=O) groups is 1. The van der Waals surface area contributed by atoms with Crippen LogP contribution < -0.4 is 5.43 Å². The van der Waals surface area contributed by atoms with E-state index in [0.717, 1.165) is 28.1 Å². The molecule has 1 N–H and O–H groups in total. The van der Waals surface area contributed by atoms with Gasteiger partial charge in [-0.1, -0.05) is 35.4 Å². The number of aromatic nitrogens is 2. The molecule has 2 aromatic heterocycles. The predicted octanol–water partition coefficient (Wildman–Crippen LogP) is 4.74. The van der Waals surface area contributed by atoms with Gasteiger partial charge < -0.3 is 9.32 Å². The number of benzene rings is 2. The van der Waals surface area contributed by atoms with Crippen LogP contribution in [0.5, 0.6) is 0 Å². The number of hydrogen-bond acceptors (Lipinski definition) is 4. The van der Waals surface area contributed by atoms with Gasteiger partial charge in [0, 0.05) is 47.4 Å². The van der Waals surface area contributed by atoms with E-state index < -0.39 is 0 Å². The Morgan fingerprint density at radius 3 is 2.97 bits per heavy atom. The lowest BCUT2D eigenvalue weighted by atomic mass is 10.0. The van der Waals surface area contributed by atoms with Gasteiger partial charge in [0.25, 0.3) is 0 Å². The smallest absolute Gasteiger partial charge is 0.246 e. The molecule has 3 heterocycles. The van der Waals surface area contributed by atoms with Crippen molar-refractivity contribution < 1.29 is 9.21 Å². The molecule has 7 heteroatoms. The molecule has 0 unspecified atom stereocenters. The molecule has 0 spiro atoms. The van der Waals surface area contributed by atoms with Crippen LogP contribution in [-0.4, -0.2) is 27.5 Å². The van der Waals surface area contributed by atoms with Crippen molar-refractivity contribution in [1.82, 2.24) is 15.1 Å². The van der Waals surface area contributed by atoms with Crippen LogP contribution in [0, 0.1) is 6.92 Å². The summed E-state index contributed by atoms with van der Waals surface area (Å²) in [5.41, 5.74) is 5.41. The van der Waals surface area contributed by atoms with E-state index in [4.69, 9.17) is 16.0 Å². The summed E-state index contributed by atoms with van der Waals surface area (Å²) in [5.74, 6) is -0.169. The topological polar surface area (TPSA) is 79.2 Å². The second-order valence-electron chi connectivity index (χ2n) is 7.90. The summed E-state index contributed by atoms with van der Waals surface area (Å²) in [6, 6.07) is 13.0. The van der Waals surface area contributed by atoms with Crippen LogP contribution >= 0.6 is 11.6 Å². The van der Waals surface area contributed by atoms with E-state index in [2.05, 4.69) is 10.2 Å². The van der Waals surface area contributed by atoms with Crippen molar-refractivity contribution in [3.05, 3.63) is 92.4 Å². The highest BCUT2D eigenvalue weighted by Crippen LogP contribution is 2.30. The zero-order valence-electron chi connectivity index (χ0n) is 17.4. The molecule has 2 aromatic carbocycles. The van der Waals surface area contributed by atoms with E-state index in [0.29, 0.717) is 41.1 Å². The van der Waals surface area contributed by atoms with E-state index in [1.807, 2.05) is 37.3 Å². The molecule has 0 fully saturated rings. The summed E-state index contributed by atoms with van der Waals surface area (Å²) in [5, 5.41) is 8.68. The van der Waals surface area contributed by atoms with Gasteiger partial charge in [-0.05, 0) is 37.3 Å². The van der Waals surface area contributed by atoms with Crippen LogP contribution in [0.4, 0.5) is 0 Å². The zero-order valence-corrected chi connectivity index (χ0v) is 18.1. The van der Waals surface area contributed by atoms with Crippen molar-refractivity contribution in [3.8, 4) is 11.3 Å². The van der Waals surface area contributed by atoms with Crippen LogP contribution in [0.2, 0.25) is 5.02 Å². The summed E-state index contributed by atoms with van der Waals surface area (Å²) < 4.78 is 5.57.